The first-order valence-electron chi connectivity index (χ1n) is 3.54. The summed E-state index contributed by atoms with van der Waals surface area (Å²) in [7, 11) is 0. The van der Waals surface area contributed by atoms with Crippen LogP contribution in [0.3, 0.4) is 0 Å². The maximum atomic E-state index is 11.1. The number of tetrazole rings is 1. The van der Waals surface area contributed by atoms with E-state index >= 15 is 0 Å². The normalized spacial score (nSPS) is 11.5. The van der Waals surface area contributed by atoms with Crippen molar-refractivity contribution < 1.29 is 4.79 Å². The summed E-state index contributed by atoms with van der Waals surface area (Å²) in [4.78, 5) is 11.1. The van der Waals surface area contributed by atoms with Gasteiger partial charge in [-0.2, -0.15) is 5.21 Å². The molecule has 1 amide bonds. The Kier molecular flexibility index (Phi) is 4.93. The average molecular weight is 207 g/mol. The van der Waals surface area contributed by atoms with Gasteiger partial charge in [0, 0.05) is 0 Å². The van der Waals surface area contributed by atoms with Gasteiger partial charge in [0.25, 0.3) is 5.95 Å². The van der Waals surface area contributed by atoms with Gasteiger partial charge in [-0.3, -0.25) is 10.1 Å². The molecule has 7 nitrogen and oxygen atoms in total. The van der Waals surface area contributed by atoms with Crippen LogP contribution in [-0.4, -0.2) is 32.6 Å². The molecule has 1 aromatic rings. The van der Waals surface area contributed by atoms with Crippen molar-refractivity contribution in [3.05, 3.63) is 0 Å². The lowest BCUT2D eigenvalue weighted by Crippen LogP contribution is -2.35. The van der Waals surface area contributed by atoms with Crippen LogP contribution in [0.1, 0.15) is 13.3 Å². The number of hydrogen-bond donors (Lipinski definition) is 3. The third-order valence-electron chi connectivity index (χ3n) is 1.36. The monoisotopic (exact) mass is 206 g/mol. The summed E-state index contributed by atoms with van der Waals surface area (Å²) in [6.07, 6.45) is 0.573. The molecule has 74 valence electrons. The Bertz CT molecular complexity index is 250. The van der Waals surface area contributed by atoms with Crippen LogP contribution in [-0.2, 0) is 4.79 Å². The highest BCUT2D eigenvalue weighted by atomic mass is 35.5. The molecular weight excluding hydrogens is 196 g/mol. The summed E-state index contributed by atoms with van der Waals surface area (Å²) in [5, 5.41) is 14.9. The third kappa shape index (κ3) is 3.34. The second-order valence-corrected chi connectivity index (χ2v) is 2.24. The second kappa shape index (κ2) is 5.44. The molecule has 0 bridgehead atoms. The molecule has 13 heavy (non-hydrogen) atoms. The minimum atomic E-state index is -0.525. The van der Waals surface area contributed by atoms with Gasteiger partial charge in [0.2, 0.25) is 5.91 Å². The van der Waals surface area contributed by atoms with Gasteiger partial charge >= 0.3 is 0 Å². The SMILES string of the molecule is CCC(N)C(=O)Nc1nn[nH]n1.Cl. The topological polar surface area (TPSA) is 110 Å². The molecular formula is C5H11ClN6O. The number of H-pyrrole nitrogens is 1. The summed E-state index contributed by atoms with van der Waals surface area (Å²) >= 11 is 0. The number of amides is 1. The molecule has 8 heteroatoms. The van der Waals surface area contributed by atoms with Crippen LogP contribution < -0.4 is 11.1 Å². The molecule has 1 unspecified atom stereocenters. The Morgan fingerprint density at radius 1 is 1.77 bits per heavy atom. The average Bonchev–Trinajstić information content (AvgIpc) is 2.55. The number of aromatic amines is 1. The molecule has 0 aromatic carbocycles. The molecule has 0 spiro atoms. The Balaban J connectivity index is 0.00000144. The number of aromatic nitrogens is 4. The lowest BCUT2D eigenvalue weighted by Gasteiger charge is -2.05. The first kappa shape index (κ1) is 11.8. The maximum absolute atomic E-state index is 11.1. The van der Waals surface area contributed by atoms with Crippen molar-refractivity contribution in [1.29, 1.82) is 0 Å². The summed E-state index contributed by atoms with van der Waals surface area (Å²) in [5.74, 6) is -0.164. The Morgan fingerprint density at radius 3 is 2.92 bits per heavy atom. The zero-order chi connectivity index (χ0) is 8.97. The van der Waals surface area contributed by atoms with Gasteiger partial charge in [0.05, 0.1) is 6.04 Å². The Morgan fingerprint density at radius 2 is 2.46 bits per heavy atom. The van der Waals surface area contributed by atoms with Crippen LogP contribution in [0, 0.1) is 0 Å². The van der Waals surface area contributed by atoms with Crippen LogP contribution in [0.25, 0.3) is 0 Å². The second-order valence-electron chi connectivity index (χ2n) is 2.24. The number of rotatable bonds is 3. The molecule has 0 saturated heterocycles. The van der Waals surface area contributed by atoms with Gasteiger partial charge in [-0.15, -0.1) is 17.5 Å². The van der Waals surface area contributed by atoms with E-state index in [0.29, 0.717) is 6.42 Å². The maximum Gasteiger partial charge on any atom is 0.269 e. The summed E-state index contributed by atoms with van der Waals surface area (Å²) in [6.45, 7) is 1.82. The van der Waals surface area contributed by atoms with Crippen molar-refractivity contribution in [2.75, 3.05) is 5.32 Å². The van der Waals surface area contributed by atoms with Gasteiger partial charge < -0.3 is 5.73 Å². The molecule has 0 aliphatic rings. The molecule has 4 N–H and O–H groups in total. The number of nitrogens with one attached hydrogen (secondary N) is 2. The summed E-state index contributed by atoms with van der Waals surface area (Å²) in [6, 6.07) is -0.525. The van der Waals surface area contributed by atoms with E-state index in [9.17, 15) is 4.79 Å². The van der Waals surface area contributed by atoms with Crippen LogP contribution in [0.2, 0.25) is 0 Å². The quantitative estimate of drug-likeness (QED) is 0.606. The Labute approximate surface area is 80.9 Å². The van der Waals surface area contributed by atoms with Crippen molar-refractivity contribution in [3.63, 3.8) is 0 Å². The first-order valence-corrected chi connectivity index (χ1v) is 3.54. The fourth-order valence-electron chi connectivity index (χ4n) is 0.603. The van der Waals surface area contributed by atoms with E-state index in [1.807, 2.05) is 6.92 Å². The predicted molar refractivity (Wildman–Crippen MR) is 48.3 cm³/mol. The standard InChI is InChI=1S/C5H10N6O.ClH/c1-2-3(6)4(12)7-5-8-10-11-9-5;/h3H,2,6H2,1H3,(H2,7,8,9,10,11,12);1H. The molecule has 0 aliphatic carbocycles. The van der Waals surface area contributed by atoms with Gasteiger partial charge in [0.15, 0.2) is 0 Å². The summed E-state index contributed by atoms with van der Waals surface area (Å²) in [5.41, 5.74) is 5.43. The molecule has 0 radical (unpaired) electrons. The number of nitrogens with two attached hydrogens (primary N) is 1. The number of halogens is 1. The molecule has 1 heterocycles. The zero-order valence-corrected chi connectivity index (χ0v) is 7.84. The minimum absolute atomic E-state index is 0. The number of nitrogens with zero attached hydrogens (tertiary/aromatic N) is 3. The number of carbonyl (C=O) groups excluding carboxylic acids is 1. The van der Waals surface area contributed by atoms with Crippen molar-refractivity contribution in [3.8, 4) is 0 Å². The minimum Gasteiger partial charge on any atom is -0.320 e. The molecule has 1 atom stereocenters. The Hall–Kier alpha value is -1.21. The molecule has 1 aromatic heterocycles. The van der Waals surface area contributed by atoms with Crippen molar-refractivity contribution >= 4 is 24.3 Å². The van der Waals surface area contributed by atoms with E-state index in [1.165, 1.54) is 0 Å². The largest absolute Gasteiger partial charge is 0.320 e. The van der Waals surface area contributed by atoms with E-state index in [0.717, 1.165) is 0 Å². The fraction of sp³-hybridized carbons (Fsp3) is 0.600. The van der Waals surface area contributed by atoms with E-state index in [-0.39, 0.29) is 24.3 Å². The molecule has 0 fully saturated rings. The lowest BCUT2D eigenvalue weighted by atomic mass is 10.2. The predicted octanol–water partition coefficient (Wildman–Crippen LogP) is -0.703. The van der Waals surface area contributed by atoms with Gasteiger partial charge in [-0.1, -0.05) is 12.0 Å². The van der Waals surface area contributed by atoms with Crippen LogP contribution in [0.4, 0.5) is 5.95 Å². The van der Waals surface area contributed by atoms with Gasteiger partial charge in [0.1, 0.15) is 0 Å². The van der Waals surface area contributed by atoms with Gasteiger partial charge in [-0.25, -0.2) is 0 Å². The lowest BCUT2D eigenvalue weighted by molar-refractivity contribution is -0.117. The van der Waals surface area contributed by atoms with E-state index < -0.39 is 6.04 Å². The highest BCUT2D eigenvalue weighted by Crippen LogP contribution is 1.94. The number of hydrogen-bond acceptors (Lipinski definition) is 5. The van der Waals surface area contributed by atoms with Crippen LogP contribution >= 0.6 is 12.4 Å². The fourth-order valence-corrected chi connectivity index (χ4v) is 0.603. The molecule has 0 saturated carbocycles. The summed E-state index contributed by atoms with van der Waals surface area (Å²) < 4.78 is 0. The third-order valence-corrected chi connectivity index (χ3v) is 1.36. The molecule has 0 aliphatic heterocycles. The number of carbonyl (C=O) groups is 1. The highest BCUT2D eigenvalue weighted by Gasteiger charge is 2.12. The van der Waals surface area contributed by atoms with E-state index in [1.54, 1.807) is 0 Å². The molecule has 1 rings (SSSR count). The van der Waals surface area contributed by atoms with Crippen molar-refractivity contribution in [2.45, 2.75) is 19.4 Å². The van der Waals surface area contributed by atoms with Crippen LogP contribution in [0.15, 0.2) is 0 Å². The smallest absolute Gasteiger partial charge is 0.269 e. The van der Waals surface area contributed by atoms with E-state index in [2.05, 4.69) is 25.9 Å². The zero-order valence-electron chi connectivity index (χ0n) is 7.02. The van der Waals surface area contributed by atoms with Gasteiger partial charge in [-0.05, 0) is 11.6 Å². The van der Waals surface area contributed by atoms with Crippen molar-refractivity contribution in [1.82, 2.24) is 20.6 Å². The van der Waals surface area contributed by atoms with Crippen molar-refractivity contribution in [2.24, 2.45) is 5.73 Å². The first-order chi connectivity index (χ1) is 5.74. The highest BCUT2D eigenvalue weighted by molar-refractivity contribution is 5.92. The van der Waals surface area contributed by atoms with E-state index in [4.69, 9.17) is 5.73 Å². The van der Waals surface area contributed by atoms with Crippen LogP contribution in [0.5, 0.6) is 0 Å². The number of anilines is 1.